The van der Waals surface area contributed by atoms with Crippen LogP contribution in [0.25, 0.3) is 0 Å². The molecule has 0 unspecified atom stereocenters. The largest absolute Gasteiger partial charge is 0.507 e. The molecule has 0 spiro atoms. The number of unbranched alkanes of at least 4 members (excludes halogenated alkanes) is 1. The van der Waals surface area contributed by atoms with Gasteiger partial charge < -0.3 is 5.11 Å². The van der Waals surface area contributed by atoms with E-state index >= 15 is 0 Å². The average Bonchev–Trinajstić information content (AvgIpc) is 2.33. The molecule has 1 rings (SSSR count). The lowest BCUT2D eigenvalue weighted by Crippen LogP contribution is -2.19. The summed E-state index contributed by atoms with van der Waals surface area (Å²) in [6.45, 7) is 3.95. The molecule has 0 atom stereocenters. The molecular weight excluding hydrogens is 252 g/mol. The Labute approximate surface area is 112 Å². The smallest absolute Gasteiger partial charge is 0.275 e. The van der Waals surface area contributed by atoms with Gasteiger partial charge in [-0.1, -0.05) is 24.9 Å². The highest BCUT2D eigenvalue weighted by molar-refractivity contribution is 6.30. The Balaban J connectivity index is 2.65. The Morgan fingerprint density at radius 3 is 2.83 bits per heavy atom. The van der Waals surface area contributed by atoms with Gasteiger partial charge >= 0.3 is 0 Å². The Hall–Kier alpha value is -1.55. The van der Waals surface area contributed by atoms with Crippen molar-refractivity contribution in [3.8, 4) is 5.75 Å². The summed E-state index contributed by atoms with van der Waals surface area (Å²) in [5.41, 5.74) is 3.43. The number of hydrazone groups is 1. The summed E-state index contributed by atoms with van der Waals surface area (Å²) in [5.74, 6) is -0.596. The molecule has 0 saturated carbocycles. The number of nitrogens with one attached hydrogen (secondary N) is 1. The summed E-state index contributed by atoms with van der Waals surface area (Å²) in [4.78, 5) is 11.7. The molecule has 0 bridgehead atoms. The zero-order valence-electron chi connectivity index (χ0n) is 10.5. The van der Waals surface area contributed by atoms with Gasteiger partial charge in [-0.15, -0.1) is 0 Å². The summed E-state index contributed by atoms with van der Waals surface area (Å²) in [7, 11) is 0. The summed E-state index contributed by atoms with van der Waals surface area (Å²) >= 11 is 5.69. The van der Waals surface area contributed by atoms with Crippen molar-refractivity contribution in [3.05, 3.63) is 28.8 Å². The van der Waals surface area contributed by atoms with Gasteiger partial charge in [-0.05, 0) is 38.0 Å². The zero-order valence-corrected chi connectivity index (χ0v) is 11.3. The third-order valence-electron chi connectivity index (χ3n) is 2.44. The van der Waals surface area contributed by atoms with Crippen LogP contribution in [0.2, 0.25) is 5.02 Å². The van der Waals surface area contributed by atoms with Crippen molar-refractivity contribution >= 4 is 23.2 Å². The molecule has 1 amide bonds. The van der Waals surface area contributed by atoms with Gasteiger partial charge in [0, 0.05) is 10.7 Å². The van der Waals surface area contributed by atoms with Gasteiger partial charge in [0.2, 0.25) is 0 Å². The molecule has 98 valence electrons. The van der Waals surface area contributed by atoms with Gasteiger partial charge in [-0.3, -0.25) is 4.79 Å². The number of benzene rings is 1. The summed E-state index contributed by atoms with van der Waals surface area (Å²) < 4.78 is 0. The number of rotatable bonds is 5. The number of hydrogen-bond acceptors (Lipinski definition) is 3. The molecule has 5 heteroatoms. The first kappa shape index (κ1) is 14.5. The normalized spacial score (nSPS) is 11.4. The van der Waals surface area contributed by atoms with Crippen LogP contribution >= 0.6 is 11.6 Å². The lowest BCUT2D eigenvalue weighted by Gasteiger charge is -2.04. The minimum Gasteiger partial charge on any atom is -0.507 e. The average molecular weight is 269 g/mol. The predicted molar refractivity (Wildman–Crippen MR) is 73.2 cm³/mol. The van der Waals surface area contributed by atoms with E-state index in [-0.39, 0.29) is 11.3 Å². The monoisotopic (exact) mass is 268 g/mol. The van der Waals surface area contributed by atoms with Crippen LogP contribution < -0.4 is 5.43 Å². The van der Waals surface area contributed by atoms with E-state index in [4.69, 9.17) is 11.6 Å². The van der Waals surface area contributed by atoms with Crippen molar-refractivity contribution < 1.29 is 9.90 Å². The molecule has 2 N–H and O–H groups in total. The van der Waals surface area contributed by atoms with Crippen LogP contribution in [0.3, 0.4) is 0 Å². The lowest BCUT2D eigenvalue weighted by molar-refractivity contribution is 0.0952. The second kappa shape index (κ2) is 7.01. The van der Waals surface area contributed by atoms with Crippen LogP contribution in [-0.4, -0.2) is 16.7 Å². The van der Waals surface area contributed by atoms with Gasteiger partial charge in [-0.25, -0.2) is 5.43 Å². The quantitative estimate of drug-likeness (QED) is 0.635. The fourth-order valence-corrected chi connectivity index (χ4v) is 1.56. The summed E-state index contributed by atoms with van der Waals surface area (Å²) in [5, 5.41) is 13.9. The molecule has 1 aromatic carbocycles. The van der Waals surface area contributed by atoms with E-state index in [0.717, 1.165) is 25.0 Å². The van der Waals surface area contributed by atoms with Crippen LogP contribution in [0.4, 0.5) is 0 Å². The second-order valence-corrected chi connectivity index (χ2v) is 4.49. The zero-order chi connectivity index (χ0) is 13.5. The highest BCUT2D eigenvalue weighted by atomic mass is 35.5. The van der Waals surface area contributed by atoms with Gasteiger partial charge in [0.25, 0.3) is 5.91 Å². The topological polar surface area (TPSA) is 61.7 Å². The van der Waals surface area contributed by atoms with Gasteiger partial charge in [0.1, 0.15) is 5.75 Å². The maximum atomic E-state index is 11.7. The number of amides is 1. The number of phenols is 1. The van der Waals surface area contributed by atoms with E-state index in [1.54, 1.807) is 6.07 Å². The third-order valence-corrected chi connectivity index (χ3v) is 2.68. The van der Waals surface area contributed by atoms with Crippen molar-refractivity contribution in [2.75, 3.05) is 0 Å². The van der Waals surface area contributed by atoms with E-state index in [9.17, 15) is 9.90 Å². The number of carbonyl (C=O) groups excluding carboxylic acids is 1. The maximum absolute atomic E-state index is 11.7. The van der Waals surface area contributed by atoms with Crippen LogP contribution in [0, 0.1) is 0 Å². The fraction of sp³-hybridized carbons (Fsp3) is 0.385. The summed E-state index contributed by atoms with van der Waals surface area (Å²) in [6.07, 6.45) is 2.97. The molecule has 0 fully saturated rings. The SMILES string of the molecule is CCCCC(C)=NNC(=O)c1ccc(Cl)cc1O. The van der Waals surface area contributed by atoms with Gasteiger partial charge in [-0.2, -0.15) is 5.10 Å². The number of phenolic OH excluding ortho intramolecular Hbond substituents is 1. The first-order chi connectivity index (χ1) is 8.54. The predicted octanol–water partition coefficient (Wildman–Crippen LogP) is 3.34. The van der Waals surface area contributed by atoms with Crippen LogP contribution in [0.5, 0.6) is 5.75 Å². The van der Waals surface area contributed by atoms with Crippen LogP contribution in [0.15, 0.2) is 23.3 Å². The van der Waals surface area contributed by atoms with Crippen molar-refractivity contribution in [3.63, 3.8) is 0 Å². The third kappa shape index (κ3) is 4.37. The minimum atomic E-state index is -0.444. The van der Waals surface area contributed by atoms with Crippen molar-refractivity contribution in [1.82, 2.24) is 5.43 Å². The Morgan fingerprint density at radius 1 is 1.50 bits per heavy atom. The number of halogens is 1. The van der Waals surface area contributed by atoms with E-state index in [1.807, 2.05) is 6.92 Å². The van der Waals surface area contributed by atoms with E-state index in [1.165, 1.54) is 12.1 Å². The van der Waals surface area contributed by atoms with Gasteiger partial charge in [0.05, 0.1) is 5.56 Å². The van der Waals surface area contributed by atoms with Crippen molar-refractivity contribution in [1.29, 1.82) is 0 Å². The molecule has 0 aliphatic heterocycles. The lowest BCUT2D eigenvalue weighted by atomic mass is 10.2. The second-order valence-electron chi connectivity index (χ2n) is 4.05. The molecule has 0 aliphatic rings. The van der Waals surface area contributed by atoms with Crippen LogP contribution in [0.1, 0.15) is 43.5 Å². The first-order valence-corrected chi connectivity index (χ1v) is 6.24. The number of aromatic hydroxyl groups is 1. The van der Waals surface area contributed by atoms with E-state index < -0.39 is 5.91 Å². The van der Waals surface area contributed by atoms with Crippen LogP contribution in [-0.2, 0) is 0 Å². The van der Waals surface area contributed by atoms with E-state index in [0.29, 0.717) is 5.02 Å². The molecule has 0 radical (unpaired) electrons. The molecule has 0 aromatic heterocycles. The van der Waals surface area contributed by atoms with E-state index in [2.05, 4.69) is 17.5 Å². The first-order valence-electron chi connectivity index (χ1n) is 5.86. The van der Waals surface area contributed by atoms with Gasteiger partial charge in [0.15, 0.2) is 0 Å². The minimum absolute atomic E-state index is 0.151. The summed E-state index contributed by atoms with van der Waals surface area (Å²) in [6, 6.07) is 4.33. The number of nitrogens with zero attached hydrogens (tertiary/aromatic N) is 1. The standard InChI is InChI=1S/C13H17ClN2O2/c1-3-4-5-9(2)15-16-13(18)11-7-6-10(14)8-12(11)17/h6-8,17H,3-5H2,1-2H3,(H,16,18). The fourth-order valence-electron chi connectivity index (χ4n) is 1.39. The molecule has 0 heterocycles. The van der Waals surface area contributed by atoms with Crippen molar-refractivity contribution in [2.24, 2.45) is 5.10 Å². The molecule has 1 aromatic rings. The Bertz CT molecular complexity index is 458. The molecule has 18 heavy (non-hydrogen) atoms. The van der Waals surface area contributed by atoms with Crippen molar-refractivity contribution in [2.45, 2.75) is 33.1 Å². The number of carbonyl (C=O) groups is 1. The highest BCUT2D eigenvalue weighted by Crippen LogP contribution is 2.21. The highest BCUT2D eigenvalue weighted by Gasteiger charge is 2.10. The Morgan fingerprint density at radius 2 is 2.22 bits per heavy atom. The molecule has 4 nitrogen and oxygen atoms in total. The molecule has 0 aliphatic carbocycles. The Kier molecular flexibility index (Phi) is 5.65. The number of hydrogen-bond donors (Lipinski definition) is 2. The molecular formula is C13H17ClN2O2. The maximum Gasteiger partial charge on any atom is 0.275 e. The molecule has 0 saturated heterocycles.